The number of aliphatic carboxylic acids is 1. The summed E-state index contributed by atoms with van der Waals surface area (Å²) in [6.07, 6.45) is 0.587. The van der Waals surface area contributed by atoms with Crippen LogP contribution in [0.3, 0.4) is 0 Å². The number of carboxylic acids is 1. The van der Waals surface area contributed by atoms with Crippen LogP contribution in [0.15, 0.2) is 12.1 Å². The Morgan fingerprint density at radius 1 is 1.48 bits per heavy atom. The van der Waals surface area contributed by atoms with Gasteiger partial charge in [0.25, 0.3) is 5.69 Å². The van der Waals surface area contributed by atoms with Gasteiger partial charge >= 0.3 is 5.97 Å². The minimum Gasteiger partial charge on any atom is -0.481 e. The highest BCUT2D eigenvalue weighted by Gasteiger charge is 2.33. The van der Waals surface area contributed by atoms with Gasteiger partial charge in [-0.25, -0.2) is 0 Å². The van der Waals surface area contributed by atoms with Gasteiger partial charge in [0.15, 0.2) is 0 Å². The van der Waals surface area contributed by atoms with Crippen molar-refractivity contribution >= 4 is 28.9 Å². The van der Waals surface area contributed by atoms with Crippen LogP contribution in [0.5, 0.6) is 0 Å². The molecule has 1 unspecified atom stereocenters. The van der Waals surface area contributed by atoms with E-state index in [2.05, 4.69) is 5.32 Å². The van der Waals surface area contributed by atoms with Gasteiger partial charge in [-0.05, 0) is 18.1 Å². The molecule has 2 aliphatic heterocycles. The lowest BCUT2D eigenvalue weighted by molar-refractivity contribution is -0.384. The van der Waals surface area contributed by atoms with E-state index in [1.165, 1.54) is 6.07 Å². The molecule has 2 N–H and O–H groups in total. The second kappa shape index (κ2) is 4.72. The second-order valence-electron chi connectivity index (χ2n) is 5.25. The van der Waals surface area contributed by atoms with Crippen LogP contribution in [0.1, 0.15) is 12.0 Å². The molecule has 1 amide bonds. The minimum absolute atomic E-state index is 0.0868. The van der Waals surface area contributed by atoms with E-state index < -0.39 is 16.8 Å². The van der Waals surface area contributed by atoms with Crippen molar-refractivity contribution < 1.29 is 19.6 Å². The summed E-state index contributed by atoms with van der Waals surface area (Å²) in [5.74, 6) is -1.61. The first-order valence-electron chi connectivity index (χ1n) is 6.54. The van der Waals surface area contributed by atoms with Crippen molar-refractivity contribution in [1.82, 2.24) is 0 Å². The first kappa shape index (κ1) is 13.3. The largest absolute Gasteiger partial charge is 0.481 e. The Bertz CT molecular complexity index is 657. The zero-order chi connectivity index (χ0) is 15.1. The maximum atomic E-state index is 11.4. The molecule has 1 atom stereocenters. The number of carboxylic acid groups (broad SMARTS) is 1. The summed E-state index contributed by atoms with van der Waals surface area (Å²) >= 11 is 0. The Balaban J connectivity index is 1.98. The predicted octanol–water partition coefficient (Wildman–Crippen LogP) is 1.00. The summed E-state index contributed by atoms with van der Waals surface area (Å²) in [6, 6.07) is 2.97. The van der Waals surface area contributed by atoms with E-state index in [4.69, 9.17) is 5.11 Å². The van der Waals surface area contributed by atoms with Crippen LogP contribution in [0.4, 0.5) is 17.1 Å². The number of fused-ring (bicyclic) bond motifs is 1. The fraction of sp³-hybridized carbons (Fsp3) is 0.385. The number of hydrogen-bond acceptors (Lipinski definition) is 5. The highest BCUT2D eigenvalue weighted by Crippen LogP contribution is 2.38. The highest BCUT2D eigenvalue weighted by atomic mass is 16.6. The lowest BCUT2D eigenvalue weighted by Gasteiger charge is -2.19. The Labute approximate surface area is 119 Å². The monoisotopic (exact) mass is 291 g/mol. The van der Waals surface area contributed by atoms with Crippen molar-refractivity contribution in [2.45, 2.75) is 12.8 Å². The first-order valence-corrected chi connectivity index (χ1v) is 6.54. The number of nitrogens with one attached hydrogen (secondary N) is 1. The normalized spacial score (nSPS) is 20.3. The summed E-state index contributed by atoms with van der Waals surface area (Å²) in [6.45, 7) is 0.688. The maximum Gasteiger partial charge on any atom is 0.308 e. The smallest absolute Gasteiger partial charge is 0.308 e. The van der Waals surface area contributed by atoms with Crippen molar-refractivity contribution in [1.29, 1.82) is 0 Å². The molecule has 110 valence electrons. The lowest BCUT2D eigenvalue weighted by atomic mass is 10.1. The molecule has 1 aromatic carbocycles. The Morgan fingerprint density at radius 3 is 2.86 bits per heavy atom. The number of benzene rings is 1. The van der Waals surface area contributed by atoms with Crippen molar-refractivity contribution in [3.8, 4) is 0 Å². The van der Waals surface area contributed by atoms with E-state index in [1.807, 2.05) is 0 Å². The Hall–Kier alpha value is -2.64. The van der Waals surface area contributed by atoms with E-state index in [-0.39, 0.29) is 24.6 Å². The fourth-order valence-electron chi connectivity index (χ4n) is 2.83. The van der Waals surface area contributed by atoms with Crippen LogP contribution >= 0.6 is 0 Å². The summed E-state index contributed by atoms with van der Waals surface area (Å²) in [7, 11) is 0. The van der Waals surface area contributed by atoms with Gasteiger partial charge in [-0.3, -0.25) is 19.7 Å². The minimum atomic E-state index is -0.894. The van der Waals surface area contributed by atoms with Crippen LogP contribution in [-0.4, -0.2) is 35.0 Å². The van der Waals surface area contributed by atoms with Gasteiger partial charge in [0, 0.05) is 24.8 Å². The van der Waals surface area contributed by atoms with Crippen LogP contribution in [0.25, 0.3) is 0 Å². The molecule has 1 fully saturated rings. The number of amides is 1. The molecule has 0 spiro atoms. The average Bonchev–Trinajstić information content (AvgIpc) is 3.01. The Morgan fingerprint density at radius 2 is 2.24 bits per heavy atom. The Kier molecular flexibility index (Phi) is 3.00. The molecule has 3 rings (SSSR count). The number of carbonyl (C=O) groups excluding carboxylic acids is 1. The number of nitrogens with zero attached hydrogens (tertiary/aromatic N) is 2. The SMILES string of the molecule is O=C1Cc2cc([N+](=O)[O-])c(N3CCC(C(=O)O)C3)cc2N1. The molecule has 8 heteroatoms. The van der Waals surface area contributed by atoms with Gasteiger partial charge in [0.1, 0.15) is 5.69 Å². The number of hydrogen-bond donors (Lipinski definition) is 2. The zero-order valence-corrected chi connectivity index (χ0v) is 11.0. The highest BCUT2D eigenvalue weighted by molar-refractivity contribution is 6.00. The van der Waals surface area contributed by atoms with Gasteiger partial charge in [0.2, 0.25) is 5.91 Å². The molecular formula is C13H13N3O5. The molecular weight excluding hydrogens is 278 g/mol. The summed E-state index contributed by atoms with van der Waals surface area (Å²) in [5.41, 5.74) is 1.45. The van der Waals surface area contributed by atoms with Gasteiger partial charge in [0.05, 0.1) is 17.3 Å². The summed E-state index contributed by atoms with van der Waals surface area (Å²) in [4.78, 5) is 34.8. The molecule has 1 saturated heterocycles. The first-order chi connectivity index (χ1) is 9.95. The van der Waals surface area contributed by atoms with E-state index in [1.54, 1.807) is 11.0 Å². The fourth-order valence-corrected chi connectivity index (χ4v) is 2.83. The molecule has 0 aliphatic carbocycles. The van der Waals surface area contributed by atoms with Gasteiger partial charge < -0.3 is 15.3 Å². The molecule has 0 radical (unpaired) electrons. The third-order valence-electron chi connectivity index (χ3n) is 3.90. The second-order valence-corrected chi connectivity index (χ2v) is 5.25. The maximum absolute atomic E-state index is 11.4. The lowest BCUT2D eigenvalue weighted by Crippen LogP contribution is -2.23. The number of anilines is 2. The van der Waals surface area contributed by atoms with Crippen molar-refractivity contribution in [2.24, 2.45) is 5.92 Å². The molecule has 1 aromatic rings. The molecule has 0 aromatic heterocycles. The third kappa shape index (κ3) is 2.28. The molecule has 0 bridgehead atoms. The molecule has 21 heavy (non-hydrogen) atoms. The number of carbonyl (C=O) groups is 2. The van der Waals surface area contributed by atoms with E-state index in [9.17, 15) is 19.7 Å². The van der Waals surface area contributed by atoms with Crippen molar-refractivity contribution in [3.63, 3.8) is 0 Å². The van der Waals surface area contributed by atoms with Crippen molar-refractivity contribution in [3.05, 3.63) is 27.8 Å². The molecule has 2 heterocycles. The average molecular weight is 291 g/mol. The number of nitro benzene ring substituents is 1. The van der Waals surface area contributed by atoms with E-state index in [0.29, 0.717) is 29.9 Å². The topological polar surface area (TPSA) is 113 Å². The molecule has 8 nitrogen and oxygen atoms in total. The zero-order valence-electron chi connectivity index (χ0n) is 11.0. The third-order valence-corrected chi connectivity index (χ3v) is 3.90. The van der Waals surface area contributed by atoms with Gasteiger partial charge in [-0.1, -0.05) is 0 Å². The standard InChI is InChI=1S/C13H13N3O5/c17-12-4-8-3-11(16(20)21)10(5-9(8)14-12)15-2-1-7(6-15)13(18)19/h3,5,7H,1-2,4,6H2,(H,14,17)(H,18,19). The van der Waals surface area contributed by atoms with Gasteiger partial charge in [-0.2, -0.15) is 0 Å². The quantitative estimate of drug-likeness (QED) is 0.634. The van der Waals surface area contributed by atoms with Gasteiger partial charge in [-0.15, -0.1) is 0 Å². The number of nitro groups is 1. The number of rotatable bonds is 3. The van der Waals surface area contributed by atoms with E-state index in [0.717, 1.165) is 0 Å². The molecule has 0 saturated carbocycles. The summed E-state index contributed by atoms with van der Waals surface area (Å²) in [5, 5.41) is 22.9. The van der Waals surface area contributed by atoms with Crippen LogP contribution in [-0.2, 0) is 16.0 Å². The summed E-state index contributed by atoms with van der Waals surface area (Å²) < 4.78 is 0. The predicted molar refractivity (Wildman–Crippen MR) is 73.4 cm³/mol. The molecule has 2 aliphatic rings. The van der Waals surface area contributed by atoms with Crippen molar-refractivity contribution in [2.75, 3.05) is 23.3 Å². The van der Waals surface area contributed by atoms with E-state index >= 15 is 0 Å². The van der Waals surface area contributed by atoms with Crippen LogP contribution in [0.2, 0.25) is 0 Å². The van der Waals surface area contributed by atoms with Crippen LogP contribution in [0, 0.1) is 16.0 Å². The van der Waals surface area contributed by atoms with Crippen LogP contribution < -0.4 is 10.2 Å².